The largest absolute Gasteiger partial charge is 1.00 e. The van der Waals surface area contributed by atoms with E-state index in [0.717, 1.165) is 0 Å². The van der Waals surface area contributed by atoms with Gasteiger partial charge in [0.1, 0.15) is 35.9 Å². The monoisotopic (exact) mass is 456 g/mol. The number of carbonyl (C=O) groups excluding carboxylic acids is 1. The maximum Gasteiger partial charge on any atom is 1.00 e. The van der Waals surface area contributed by atoms with Crippen molar-refractivity contribution in [1.82, 2.24) is 0 Å². The number of phenolic OH excluding ortho intramolecular Hbond substituents is 1. The number of aromatic hydroxyl groups is 1. The minimum Gasteiger partial charge on any atom is -0.547 e. The van der Waals surface area contributed by atoms with E-state index >= 15 is 0 Å². The summed E-state index contributed by atoms with van der Waals surface area (Å²) in [6, 6.07) is -9.81. The molecule has 0 aliphatic carbocycles. The van der Waals surface area contributed by atoms with Gasteiger partial charge in [0.25, 0.3) is 0 Å². The van der Waals surface area contributed by atoms with Gasteiger partial charge in [0.05, 0.1) is 26.7 Å². The molecule has 1 fully saturated rings. The molecule has 1 heterocycles. The number of hydrogen-bond acceptors (Lipinski definition) is 10. The molecule has 1 saturated heterocycles. The van der Waals surface area contributed by atoms with Gasteiger partial charge in [-0.05, 0) is 48.3 Å². The number of hydrogen-bond donors (Lipinski definition) is 4. The molecule has 0 unspecified atom stereocenters. The third-order valence-electron chi connectivity index (χ3n) is 3.74. The maximum absolute atomic E-state index is 13.3. The van der Waals surface area contributed by atoms with Gasteiger partial charge >= 0.3 is 29.6 Å². The van der Waals surface area contributed by atoms with Crippen LogP contribution < -0.4 is 39.4 Å². The minimum absolute atomic E-state index is 0. The quantitative estimate of drug-likeness (QED) is 0.320. The van der Waals surface area contributed by atoms with Crippen LogP contribution >= 0.6 is 0 Å². The summed E-state index contributed by atoms with van der Waals surface area (Å²) in [5, 5.41) is 50.5. The Bertz CT molecular complexity index is 1350. The van der Waals surface area contributed by atoms with Crippen molar-refractivity contribution in [2.24, 2.45) is 0 Å². The Hall–Kier alpha value is -1.70. The number of aliphatic hydroxyl groups is 3. The topological polar surface area (TPSA) is 174 Å². The molecule has 0 bridgehead atoms. The van der Waals surface area contributed by atoms with Gasteiger partial charge in [0.2, 0.25) is 16.1 Å². The van der Waals surface area contributed by atoms with Gasteiger partial charge < -0.3 is 39.8 Å². The molecule has 0 spiro atoms. The van der Waals surface area contributed by atoms with Crippen molar-refractivity contribution in [2.75, 3.05) is 0 Å². The van der Waals surface area contributed by atoms with E-state index in [4.69, 9.17) is 20.4 Å². The molecule has 2 aromatic rings. The molecule has 156 valence electrons. The molecule has 30 heavy (non-hydrogen) atoms. The number of carboxylic acids is 1. The van der Waals surface area contributed by atoms with Crippen LogP contribution in [0.4, 0.5) is 0 Å². The van der Waals surface area contributed by atoms with Crippen LogP contribution in [0, 0.1) is 0 Å². The zero-order valence-electron chi connectivity index (χ0n) is 23.0. The van der Waals surface area contributed by atoms with Crippen LogP contribution in [0.5, 0.6) is 11.5 Å². The predicted octanol–water partition coefficient (Wildman–Crippen LogP) is -4.83. The molecular formula is C18H17NaO10S. The van der Waals surface area contributed by atoms with Gasteiger partial charge in [0.15, 0.2) is 0 Å². The van der Waals surface area contributed by atoms with Gasteiger partial charge in [-0.25, -0.2) is 8.42 Å². The number of phenols is 1. The number of aliphatic carboxylic acids is 1. The molecule has 12 heteroatoms. The summed E-state index contributed by atoms with van der Waals surface area (Å²) in [7, 11) is -5.30. The molecule has 10 nitrogen and oxygen atoms in total. The SMILES string of the molecule is [2H]c1c([2H])c(S(=O)(=O)c2c([2H])c([2H])c(O[C@@H]3O[C@H](C(=O)[O-])[C@@H](O)[C@H](O)[C@H]3O)c([2H])c2[2H])c([2H])c([2H])c1O.[Na+]. The van der Waals surface area contributed by atoms with Crippen LogP contribution in [0.15, 0.2) is 58.1 Å². The molecule has 1 aliphatic heterocycles. The fourth-order valence-electron chi connectivity index (χ4n) is 2.27. The van der Waals surface area contributed by atoms with Crippen LogP contribution in [-0.2, 0) is 19.4 Å². The van der Waals surface area contributed by atoms with Crippen molar-refractivity contribution < 1.29 is 88.7 Å². The van der Waals surface area contributed by atoms with Crippen LogP contribution in [-0.4, -0.2) is 65.5 Å². The molecule has 0 radical (unpaired) electrons. The van der Waals surface area contributed by atoms with Crippen LogP contribution in [0.2, 0.25) is 0 Å². The fourth-order valence-corrected chi connectivity index (χ4v) is 3.22. The van der Waals surface area contributed by atoms with E-state index in [9.17, 15) is 38.7 Å². The number of carboxylic acid groups (broad SMARTS) is 1. The Kier molecular flexibility index (Phi) is 4.86. The Labute approximate surface area is 204 Å². The first-order chi connectivity index (χ1) is 17.0. The summed E-state index contributed by atoms with van der Waals surface area (Å²) in [5.74, 6) is -4.25. The van der Waals surface area contributed by atoms with Crippen LogP contribution in [0.1, 0.15) is 11.0 Å². The van der Waals surface area contributed by atoms with Crippen molar-refractivity contribution in [2.45, 2.75) is 40.5 Å². The number of sulfone groups is 1. The Balaban J connectivity index is 0.00000507. The van der Waals surface area contributed by atoms with Gasteiger partial charge in [-0.15, -0.1) is 0 Å². The summed E-state index contributed by atoms with van der Waals surface area (Å²) in [4.78, 5) is 8.43. The van der Waals surface area contributed by atoms with E-state index in [0.29, 0.717) is 0 Å². The molecule has 4 N–H and O–H groups in total. The van der Waals surface area contributed by atoms with E-state index in [2.05, 4.69) is 0 Å². The third kappa shape index (κ3) is 4.95. The smallest absolute Gasteiger partial charge is 0.547 e. The van der Waals surface area contributed by atoms with E-state index in [-0.39, 0.29) is 29.6 Å². The molecule has 2 aromatic carbocycles. The zero-order chi connectivity index (χ0) is 28.3. The summed E-state index contributed by atoms with van der Waals surface area (Å²) in [6.07, 6.45) is -10.9. The normalized spacial score (nSPS) is 30.2. The number of carbonyl (C=O) groups is 1. The second-order valence-corrected chi connectivity index (χ2v) is 7.50. The summed E-state index contributed by atoms with van der Waals surface area (Å²) < 4.78 is 99.7. The molecule has 0 amide bonds. The first-order valence-corrected chi connectivity index (χ1v) is 9.16. The molecular weight excluding hydrogens is 431 g/mol. The molecule has 3 rings (SSSR count). The first-order valence-electron chi connectivity index (χ1n) is 11.7. The standard InChI is InChI=1S/C18H18O10S.Na/c19-9-1-5-11(6-2-9)29(25,26)12-7-3-10(4-8-12)27-18-15(22)13(20)14(21)16(28-18)17(23)24;/h1-8,13-16,18-22H,(H,23,24);/q;+1/p-1/t13-,14-,15+,16-,18+;/m0./s1/i1D,2D,3D,4D,5D,6D,7D,8D;. The van der Waals surface area contributed by atoms with Gasteiger partial charge in [-0.2, -0.15) is 0 Å². The number of aliphatic hydroxyl groups excluding tert-OH is 3. The van der Waals surface area contributed by atoms with Crippen molar-refractivity contribution >= 4 is 15.8 Å². The Morgan fingerprint density at radius 2 is 1.47 bits per heavy atom. The van der Waals surface area contributed by atoms with Crippen molar-refractivity contribution in [3.8, 4) is 11.5 Å². The Morgan fingerprint density at radius 1 is 0.967 bits per heavy atom. The number of benzene rings is 2. The van der Waals surface area contributed by atoms with Crippen LogP contribution in [0.3, 0.4) is 0 Å². The van der Waals surface area contributed by atoms with Gasteiger partial charge in [0, 0.05) is 0 Å². The molecule has 1 aliphatic rings. The molecule has 5 atom stereocenters. The summed E-state index contributed by atoms with van der Waals surface area (Å²) >= 11 is 0. The summed E-state index contributed by atoms with van der Waals surface area (Å²) in [6.45, 7) is 0. The summed E-state index contributed by atoms with van der Waals surface area (Å²) in [5.41, 5.74) is 0. The van der Waals surface area contributed by atoms with Crippen molar-refractivity contribution in [3.63, 3.8) is 0 Å². The van der Waals surface area contributed by atoms with Crippen LogP contribution in [0.25, 0.3) is 0 Å². The second-order valence-electron chi connectivity index (χ2n) is 5.67. The zero-order valence-corrected chi connectivity index (χ0v) is 17.8. The van der Waals surface area contributed by atoms with E-state index < -0.39 is 116 Å². The Morgan fingerprint density at radius 3 is 1.97 bits per heavy atom. The van der Waals surface area contributed by atoms with E-state index in [1.54, 1.807) is 0 Å². The fraction of sp³-hybridized carbons (Fsp3) is 0.278. The second kappa shape index (κ2) is 9.62. The number of ether oxygens (including phenoxy) is 2. The predicted molar refractivity (Wildman–Crippen MR) is 92.3 cm³/mol. The van der Waals surface area contributed by atoms with Crippen molar-refractivity contribution in [1.29, 1.82) is 0 Å². The number of rotatable bonds is 5. The van der Waals surface area contributed by atoms with E-state index in [1.807, 2.05) is 0 Å². The first kappa shape index (κ1) is 15.2. The third-order valence-corrected chi connectivity index (χ3v) is 5.22. The average molecular weight is 456 g/mol. The van der Waals surface area contributed by atoms with Gasteiger partial charge in [-0.3, -0.25) is 0 Å². The molecule has 0 saturated carbocycles. The maximum atomic E-state index is 13.3. The minimum atomic E-state index is -5.30. The van der Waals surface area contributed by atoms with E-state index in [1.165, 1.54) is 0 Å². The van der Waals surface area contributed by atoms with Crippen molar-refractivity contribution in [3.05, 3.63) is 48.3 Å². The average Bonchev–Trinajstić information content (AvgIpc) is 2.82. The van der Waals surface area contributed by atoms with Gasteiger partial charge in [-0.1, -0.05) is 0 Å². The molecule has 0 aromatic heterocycles.